The molecule has 2 N–H and O–H groups in total. The number of ether oxygens (including phenoxy) is 1. The molecule has 0 bridgehead atoms. The Bertz CT molecular complexity index is 465. The zero-order valence-corrected chi connectivity index (χ0v) is 12.5. The van der Waals surface area contributed by atoms with Crippen LogP contribution in [0.3, 0.4) is 0 Å². The zero-order valence-electron chi connectivity index (χ0n) is 12.5. The van der Waals surface area contributed by atoms with Crippen molar-refractivity contribution in [3.8, 4) is 11.5 Å². The van der Waals surface area contributed by atoms with Gasteiger partial charge in [0.2, 0.25) is 0 Å². The lowest BCUT2D eigenvalue weighted by atomic mass is 10.0. The molecular formula is C15H23NO4. The van der Waals surface area contributed by atoms with Crippen LogP contribution < -0.4 is 4.74 Å². The highest BCUT2D eigenvalue weighted by atomic mass is 16.5. The van der Waals surface area contributed by atoms with E-state index in [2.05, 4.69) is 0 Å². The molecule has 0 aromatic heterocycles. The van der Waals surface area contributed by atoms with Crippen LogP contribution in [0.25, 0.3) is 0 Å². The largest absolute Gasteiger partial charge is 0.507 e. The molecule has 1 aromatic rings. The summed E-state index contributed by atoms with van der Waals surface area (Å²) in [5.74, 6) is -0.0637. The molecule has 5 heteroatoms. The number of carboxylic acids is 1. The molecule has 0 fully saturated rings. The van der Waals surface area contributed by atoms with E-state index in [1.54, 1.807) is 25.3 Å². The van der Waals surface area contributed by atoms with Crippen molar-refractivity contribution in [3.05, 3.63) is 23.8 Å². The molecule has 0 amide bonds. The van der Waals surface area contributed by atoms with Gasteiger partial charge in [0.05, 0.1) is 13.5 Å². The van der Waals surface area contributed by atoms with Gasteiger partial charge in [0.1, 0.15) is 11.5 Å². The number of hydrogen-bond donors (Lipinski definition) is 2. The fourth-order valence-electron chi connectivity index (χ4n) is 1.89. The first-order valence-corrected chi connectivity index (χ1v) is 6.56. The molecule has 0 spiro atoms. The van der Waals surface area contributed by atoms with Crippen molar-refractivity contribution in [1.29, 1.82) is 0 Å². The van der Waals surface area contributed by atoms with Gasteiger partial charge in [-0.15, -0.1) is 0 Å². The van der Waals surface area contributed by atoms with Gasteiger partial charge in [-0.05, 0) is 26.8 Å². The molecule has 0 heterocycles. The molecule has 20 heavy (non-hydrogen) atoms. The van der Waals surface area contributed by atoms with E-state index in [0.717, 1.165) is 5.56 Å². The van der Waals surface area contributed by atoms with Gasteiger partial charge in [-0.25, -0.2) is 0 Å². The number of nitrogens with zero attached hydrogens (tertiary/aromatic N) is 1. The molecule has 0 saturated carbocycles. The second-order valence-electron chi connectivity index (χ2n) is 5.73. The third-order valence-corrected chi connectivity index (χ3v) is 3.20. The Morgan fingerprint density at radius 2 is 2.00 bits per heavy atom. The molecule has 1 rings (SSSR count). The number of methoxy groups -OCH3 is 1. The van der Waals surface area contributed by atoms with Crippen molar-refractivity contribution in [3.63, 3.8) is 0 Å². The molecule has 1 aromatic carbocycles. The summed E-state index contributed by atoms with van der Waals surface area (Å²) in [7, 11) is 1.54. The van der Waals surface area contributed by atoms with Crippen LogP contribution in [-0.4, -0.2) is 40.3 Å². The molecule has 5 nitrogen and oxygen atoms in total. The standard InChI is InChI=1S/C15H23NO4/c1-15(2,3)16(8-7-14(18)19)10-11-5-6-12(20-4)9-13(11)17/h5-6,9,17H,7-8,10H2,1-4H3,(H,18,19). The predicted molar refractivity (Wildman–Crippen MR) is 77.1 cm³/mol. The van der Waals surface area contributed by atoms with Crippen molar-refractivity contribution in [1.82, 2.24) is 4.90 Å². The van der Waals surface area contributed by atoms with Crippen molar-refractivity contribution in [2.24, 2.45) is 0 Å². The average Bonchev–Trinajstić information content (AvgIpc) is 2.34. The van der Waals surface area contributed by atoms with Crippen molar-refractivity contribution < 1.29 is 19.7 Å². The summed E-state index contributed by atoms with van der Waals surface area (Å²) < 4.78 is 5.05. The number of carbonyl (C=O) groups is 1. The minimum Gasteiger partial charge on any atom is -0.507 e. The van der Waals surface area contributed by atoms with E-state index in [1.165, 1.54) is 0 Å². The summed E-state index contributed by atoms with van der Waals surface area (Å²) in [5, 5.41) is 18.8. The van der Waals surface area contributed by atoms with Gasteiger partial charge in [0.25, 0.3) is 0 Å². The topological polar surface area (TPSA) is 70.0 Å². The maximum Gasteiger partial charge on any atom is 0.304 e. The van der Waals surface area contributed by atoms with Crippen LogP contribution in [0.4, 0.5) is 0 Å². The van der Waals surface area contributed by atoms with Gasteiger partial charge < -0.3 is 14.9 Å². The Balaban J connectivity index is 2.86. The summed E-state index contributed by atoms with van der Waals surface area (Å²) in [5.41, 5.74) is 0.577. The first-order valence-electron chi connectivity index (χ1n) is 6.56. The predicted octanol–water partition coefficient (Wildman–Crippen LogP) is 2.48. The summed E-state index contributed by atoms with van der Waals surface area (Å²) in [6.45, 7) is 7.00. The number of aromatic hydroxyl groups is 1. The lowest BCUT2D eigenvalue weighted by Gasteiger charge is -2.35. The summed E-state index contributed by atoms with van der Waals surface area (Å²) >= 11 is 0. The third kappa shape index (κ3) is 4.74. The number of aliphatic carboxylic acids is 1. The van der Waals surface area contributed by atoms with Gasteiger partial charge in [0, 0.05) is 30.3 Å². The number of phenols is 1. The molecule has 0 atom stereocenters. The minimum atomic E-state index is -0.821. The van der Waals surface area contributed by atoms with Crippen molar-refractivity contribution in [2.45, 2.75) is 39.3 Å². The highest BCUT2D eigenvalue weighted by molar-refractivity contribution is 5.66. The van der Waals surface area contributed by atoms with Gasteiger partial charge >= 0.3 is 5.97 Å². The second kappa shape index (κ2) is 6.61. The summed E-state index contributed by atoms with van der Waals surface area (Å²) in [6.07, 6.45) is 0.0776. The summed E-state index contributed by atoms with van der Waals surface area (Å²) in [6, 6.07) is 5.15. The number of rotatable bonds is 6. The quantitative estimate of drug-likeness (QED) is 0.838. The van der Waals surface area contributed by atoms with Crippen LogP contribution in [0.1, 0.15) is 32.8 Å². The van der Waals surface area contributed by atoms with Gasteiger partial charge in [0.15, 0.2) is 0 Å². The van der Waals surface area contributed by atoms with E-state index in [1.807, 2.05) is 25.7 Å². The monoisotopic (exact) mass is 281 g/mol. The Morgan fingerprint density at radius 3 is 2.45 bits per heavy atom. The molecule has 0 radical (unpaired) electrons. The van der Waals surface area contributed by atoms with E-state index in [-0.39, 0.29) is 17.7 Å². The van der Waals surface area contributed by atoms with E-state index in [4.69, 9.17) is 9.84 Å². The number of benzene rings is 1. The SMILES string of the molecule is COc1ccc(CN(CCC(=O)O)C(C)(C)C)c(O)c1. The maximum atomic E-state index is 10.7. The fraction of sp³-hybridized carbons (Fsp3) is 0.533. The smallest absolute Gasteiger partial charge is 0.304 e. The Morgan fingerprint density at radius 1 is 1.35 bits per heavy atom. The van der Waals surface area contributed by atoms with E-state index in [0.29, 0.717) is 18.8 Å². The lowest BCUT2D eigenvalue weighted by molar-refractivity contribution is -0.137. The molecule has 112 valence electrons. The van der Waals surface area contributed by atoms with Gasteiger partial charge in [-0.1, -0.05) is 6.07 Å². The molecule has 0 aliphatic carbocycles. The zero-order chi connectivity index (χ0) is 15.3. The Hall–Kier alpha value is -1.75. The van der Waals surface area contributed by atoms with Crippen molar-refractivity contribution >= 4 is 5.97 Å². The Kier molecular flexibility index (Phi) is 5.39. The minimum absolute atomic E-state index is 0.0776. The summed E-state index contributed by atoms with van der Waals surface area (Å²) in [4.78, 5) is 12.8. The molecule has 0 aliphatic rings. The lowest BCUT2D eigenvalue weighted by Crippen LogP contribution is -2.42. The van der Waals surface area contributed by atoms with Gasteiger partial charge in [-0.3, -0.25) is 9.69 Å². The van der Waals surface area contributed by atoms with Crippen molar-refractivity contribution in [2.75, 3.05) is 13.7 Å². The number of carboxylic acid groups (broad SMARTS) is 1. The number of hydrogen-bond acceptors (Lipinski definition) is 4. The van der Waals surface area contributed by atoms with Crippen LogP contribution in [0, 0.1) is 0 Å². The highest BCUT2D eigenvalue weighted by Gasteiger charge is 2.23. The molecular weight excluding hydrogens is 258 g/mol. The normalized spacial score (nSPS) is 11.7. The van der Waals surface area contributed by atoms with E-state index < -0.39 is 5.97 Å². The maximum absolute atomic E-state index is 10.7. The second-order valence-corrected chi connectivity index (χ2v) is 5.73. The molecule has 0 saturated heterocycles. The van der Waals surface area contributed by atoms with Crippen LogP contribution in [0.2, 0.25) is 0 Å². The number of phenolic OH excluding ortho intramolecular Hbond substituents is 1. The highest BCUT2D eigenvalue weighted by Crippen LogP contribution is 2.27. The molecule has 0 unspecified atom stereocenters. The van der Waals surface area contributed by atoms with Crippen LogP contribution in [0.15, 0.2) is 18.2 Å². The first-order chi connectivity index (χ1) is 9.24. The van der Waals surface area contributed by atoms with E-state index in [9.17, 15) is 9.90 Å². The van der Waals surface area contributed by atoms with Gasteiger partial charge in [-0.2, -0.15) is 0 Å². The van der Waals surface area contributed by atoms with Crippen LogP contribution in [0.5, 0.6) is 11.5 Å². The van der Waals surface area contributed by atoms with Crippen LogP contribution >= 0.6 is 0 Å². The van der Waals surface area contributed by atoms with E-state index >= 15 is 0 Å². The average molecular weight is 281 g/mol. The third-order valence-electron chi connectivity index (χ3n) is 3.20. The van der Waals surface area contributed by atoms with Crippen LogP contribution in [-0.2, 0) is 11.3 Å². The fourth-order valence-corrected chi connectivity index (χ4v) is 1.89. The molecule has 0 aliphatic heterocycles. The Labute approximate surface area is 119 Å². The first kappa shape index (κ1) is 16.3.